The zero-order valence-corrected chi connectivity index (χ0v) is 28.0. The molecule has 1 saturated heterocycles. The van der Waals surface area contributed by atoms with Gasteiger partial charge in [-0.3, -0.25) is 14.5 Å². The Labute approximate surface area is 285 Å². The number of carbonyl (C=O) groups is 3. The number of aromatic nitrogens is 1. The van der Waals surface area contributed by atoms with Crippen molar-refractivity contribution in [3.05, 3.63) is 87.2 Å². The van der Waals surface area contributed by atoms with Gasteiger partial charge in [-0.15, -0.1) is 11.8 Å². The first-order valence-corrected chi connectivity index (χ1v) is 16.8. The largest absolute Gasteiger partial charge is 0.489 e. The monoisotopic (exact) mass is 708 g/mol. The number of amides is 1. The van der Waals surface area contributed by atoms with Gasteiger partial charge in [0.1, 0.15) is 16.1 Å². The second kappa shape index (κ2) is 15.6. The van der Waals surface area contributed by atoms with E-state index in [0.717, 1.165) is 12.8 Å². The molecule has 0 unspecified atom stereocenters. The maximum Gasteiger partial charge on any atom is 0.387 e. The summed E-state index contributed by atoms with van der Waals surface area (Å²) >= 11 is 14.3. The van der Waals surface area contributed by atoms with E-state index in [1.165, 1.54) is 34.9 Å². The molecule has 2 aliphatic rings. The second-order valence-electron chi connectivity index (χ2n) is 11.5. The summed E-state index contributed by atoms with van der Waals surface area (Å²) in [6.07, 6.45) is 4.20. The molecule has 1 aliphatic carbocycles. The molecule has 3 aromatic rings. The number of nitrogens with one attached hydrogen (secondary N) is 1. The highest BCUT2D eigenvalue weighted by molar-refractivity contribution is 8.00. The molecule has 1 N–H and O–H groups in total. The van der Waals surface area contributed by atoms with E-state index in [1.807, 2.05) is 0 Å². The maximum absolute atomic E-state index is 13.8. The Morgan fingerprint density at radius 2 is 1.77 bits per heavy atom. The van der Waals surface area contributed by atoms with Gasteiger partial charge in [0.15, 0.2) is 35.0 Å². The van der Waals surface area contributed by atoms with Gasteiger partial charge in [-0.1, -0.05) is 41.4 Å². The molecule has 250 valence electrons. The molecule has 1 amide bonds. The molecule has 0 spiro atoms. The molecule has 2 heterocycles. The summed E-state index contributed by atoms with van der Waals surface area (Å²) in [7, 11) is 3.26. The van der Waals surface area contributed by atoms with Crippen LogP contribution in [0.25, 0.3) is 0 Å². The number of hydrogen-bond donors (Lipinski definition) is 0. The quantitative estimate of drug-likeness (QED) is 0.149. The van der Waals surface area contributed by atoms with Crippen molar-refractivity contribution in [1.29, 1.82) is 0 Å². The van der Waals surface area contributed by atoms with Gasteiger partial charge >= 0.3 is 12.6 Å². The number of hydrogen-bond acceptors (Lipinski definition) is 8. The first-order valence-electron chi connectivity index (χ1n) is 15.0. The van der Waals surface area contributed by atoms with E-state index in [0.29, 0.717) is 57.1 Å². The van der Waals surface area contributed by atoms with Crippen LogP contribution in [0.4, 0.5) is 8.78 Å². The Morgan fingerprint density at radius 1 is 1.04 bits per heavy atom. The number of aromatic amines is 1. The Kier molecular flexibility index (Phi) is 11.6. The normalized spacial score (nSPS) is 17.0. The molecule has 1 saturated carbocycles. The second-order valence-corrected chi connectivity index (χ2v) is 13.5. The van der Waals surface area contributed by atoms with E-state index >= 15 is 0 Å². The molecular weight excluding hydrogens is 675 g/mol. The Hall–Kier alpha value is -3.45. The van der Waals surface area contributed by atoms with Crippen LogP contribution in [-0.4, -0.2) is 79.0 Å². The number of thioether (sulfide) groups is 1. The fourth-order valence-electron chi connectivity index (χ4n) is 5.05. The molecule has 2 fully saturated rings. The number of nitrogens with zero attached hydrogens (tertiary/aromatic N) is 2. The van der Waals surface area contributed by atoms with Crippen molar-refractivity contribution in [3.8, 4) is 11.5 Å². The molecule has 5 rings (SSSR count). The number of esters is 1. The van der Waals surface area contributed by atoms with Crippen LogP contribution in [0, 0.1) is 5.92 Å². The maximum atomic E-state index is 13.8. The summed E-state index contributed by atoms with van der Waals surface area (Å²) in [6.45, 7) is -2.32. The van der Waals surface area contributed by atoms with Gasteiger partial charge in [0.2, 0.25) is 0 Å². The number of carbonyl (C=O) groups excluding carboxylic acids is 3. The predicted octanol–water partition coefficient (Wildman–Crippen LogP) is 5.98. The van der Waals surface area contributed by atoms with Crippen molar-refractivity contribution in [2.45, 2.75) is 37.4 Å². The Bertz CT molecular complexity index is 1610. The lowest BCUT2D eigenvalue weighted by atomic mass is 10.0. The Morgan fingerprint density at radius 3 is 2.45 bits per heavy atom. The van der Waals surface area contributed by atoms with E-state index in [4.69, 9.17) is 37.4 Å². The predicted molar refractivity (Wildman–Crippen MR) is 173 cm³/mol. The fraction of sp³-hybridized carbons (Fsp3) is 0.394. The van der Waals surface area contributed by atoms with Crippen molar-refractivity contribution in [2.24, 2.45) is 5.92 Å². The van der Waals surface area contributed by atoms with Gasteiger partial charge in [-0.25, -0.2) is 9.78 Å². The lowest BCUT2D eigenvalue weighted by molar-refractivity contribution is -0.377. The minimum Gasteiger partial charge on any atom is -0.489 e. The first kappa shape index (κ1) is 34.9. The van der Waals surface area contributed by atoms with Crippen molar-refractivity contribution in [1.82, 2.24) is 9.80 Å². The average molecular weight is 710 g/mol. The number of alkyl halides is 2. The molecule has 2 aromatic carbocycles. The Balaban J connectivity index is 1.38. The first-order chi connectivity index (χ1) is 22.5. The number of Topliss-reactive ketones (excluding diaryl/α,β-unsaturated/α-hetero) is 1. The fourth-order valence-corrected chi connectivity index (χ4v) is 6.73. The lowest BCUT2D eigenvalue weighted by Crippen LogP contribution is -2.39. The van der Waals surface area contributed by atoms with E-state index in [2.05, 4.69) is 4.98 Å². The van der Waals surface area contributed by atoms with Gasteiger partial charge < -0.3 is 19.1 Å². The third-order valence-electron chi connectivity index (χ3n) is 7.74. The van der Waals surface area contributed by atoms with E-state index in [-0.39, 0.29) is 36.2 Å². The topological polar surface area (TPSA) is 99.5 Å². The van der Waals surface area contributed by atoms with Crippen LogP contribution >= 0.6 is 35.0 Å². The number of ketones is 1. The molecule has 14 heteroatoms. The number of rotatable bonds is 14. The van der Waals surface area contributed by atoms with Crippen LogP contribution in [0.15, 0.2) is 54.9 Å². The number of ether oxygens (including phenoxy) is 3. The molecule has 2 atom stereocenters. The van der Waals surface area contributed by atoms with E-state index in [9.17, 15) is 23.2 Å². The van der Waals surface area contributed by atoms with E-state index in [1.54, 1.807) is 55.7 Å². The van der Waals surface area contributed by atoms with Crippen LogP contribution in [0.3, 0.4) is 0 Å². The highest BCUT2D eigenvalue weighted by Gasteiger charge is 2.36. The molecule has 47 heavy (non-hydrogen) atoms. The molecule has 9 nitrogen and oxygen atoms in total. The summed E-state index contributed by atoms with van der Waals surface area (Å²) in [5.41, 5.74) is 1.71. The van der Waals surface area contributed by atoms with Crippen LogP contribution in [-0.2, 0) is 16.0 Å². The summed E-state index contributed by atoms with van der Waals surface area (Å²) in [6, 6.07) is 10.9. The highest BCUT2D eigenvalue weighted by Crippen LogP contribution is 2.38. The zero-order chi connectivity index (χ0) is 33.7. The van der Waals surface area contributed by atoms with Gasteiger partial charge in [0.05, 0.1) is 13.2 Å². The standard InChI is InChI=1S/C33H33Cl2F2N3O6S/c1-39(2)30(42)22-5-3-4-20(12-22)26(41)17-40-10-11-47-31(40)32(43)45-28(14-23-24(34)15-38-16-25(23)35)21-8-9-27(46-33(36)37)29(13-21)44-18-19-6-7-19/h3-5,8-9,12-13,15-16,19,28,31,33H,6-7,10-11,14,17-18H2,1-2H3/p+1/t28-,31-/m0/s1. The average Bonchev–Trinajstić information content (AvgIpc) is 3.76. The van der Waals surface area contributed by atoms with Crippen molar-refractivity contribution in [3.63, 3.8) is 0 Å². The number of pyridine rings is 1. The highest BCUT2D eigenvalue weighted by atomic mass is 35.5. The third kappa shape index (κ3) is 9.13. The molecular formula is C33H34Cl2F2N3O6S+. The SMILES string of the molecule is CN(C)C(=O)c1cccc(C(=O)CN2CCS[C@H]2C(=O)O[C@@H](Cc2c(Cl)c[nH+]cc2Cl)c2ccc(OC(F)F)c(OCC3CC3)c2)c1. The summed E-state index contributed by atoms with van der Waals surface area (Å²) in [5, 5.41) is -0.159. The molecule has 0 radical (unpaired) electrons. The van der Waals surface area contributed by atoms with Crippen LogP contribution in [0.1, 0.15) is 50.8 Å². The molecule has 1 aromatic heterocycles. The van der Waals surface area contributed by atoms with Gasteiger partial charge in [-0.2, -0.15) is 8.78 Å². The van der Waals surface area contributed by atoms with Crippen LogP contribution in [0.2, 0.25) is 10.0 Å². The number of halogens is 4. The van der Waals surface area contributed by atoms with Crippen molar-refractivity contribution >= 4 is 52.6 Å². The van der Waals surface area contributed by atoms with Crippen molar-refractivity contribution in [2.75, 3.05) is 39.5 Å². The number of H-pyrrole nitrogens is 1. The van der Waals surface area contributed by atoms with Gasteiger partial charge in [0, 0.05) is 49.5 Å². The molecule has 0 bridgehead atoms. The van der Waals surface area contributed by atoms with Gasteiger partial charge in [-0.05, 0) is 48.6 Å². The smallest absolute Gasteiger partial charge is 0.387 e. The number of benzene rings is 2. The molecule has 1 aliphatic heterocycles. The summed E-state index contributed by atoms with van der Waals surface area (Å²) in [4.78, 5) is 45.5. The van der Waals surface area contributed by atoms with Gasteiger partial charge in [0.25, 0.3) is 5.91 Å². The third-order valence-corrected chi connectivity index (χ3v) is 9.64. The van der Waals surface area contributed by atoms with E-state index < -0.39 is 24.1 Å². The minimum atomic E-state index is -3.06. The van der Waals surface area contributed by atoms with Crippen LogP contribution in [0.5, 0.6) is 11.5 Å². The lowest BCUT2D eigenvalue weighted by Gasteiger charge is -2.26. The van der Waals surface area contributed by atoms with Crippen molar-refractivity contribution < 1.29 is 42.4 Å². The van der Waals surface area contributed by atoms with Crippen LogP contribution < -0.4 is 14.5 Å². The minimum absolute atomic E-state index is 0.0674. The zero-order valence-electron chi connectivity index (χ0n) is 25.7. The summed E-state index contributed by atoms with van der Waals surface area (Å²) < 4.78 is 43.0. The summed E-state index contributed by atoms with van der Waals surface area (Å²) in [5.74, 6) is -0.170.